The third-order valence-corrected chi connectivity index (χ3v) is 3.48. The number of halogens is 1. The van der Waals surface area contributed by atoms with Gasteiger partial charge in [0, 0.05) is 12.7 Å². The second-order valence-corrected chi connectivity index (χ2v) is 4.73. The Morgan fingerprint density at radius 1 is 1.28 bits per heavy atom. The van der Waals surface area contributed by atoms with E-state index in [0.717, 1.165) is 16.8 Å². The Morgan fingerprint density at radius 3 is 2.67 bits per heavy atom. The van der Waals surface area contributed by atoms with Crippen LogP contribution in [-0.2, 0) is 11.3 Å². The topological polar surface area (TPSA) is 61.0 Å². The van der Waals surface area contributed by atoms with Crippen molar-refractivity contribution in [3.8, 4) is 11.4 Å². The minimum Gasteiger partial charge on any atom is -0.383 e. The van der Waals surface area contributed by atoms with Gasteiger partial charge in [0.1, 0.15) is 5.82 Å². The average molecular weight is 308 g/mol. The molecule has 94 valence electrons. The van der Waals surface area contributed by atoms with E-state index in [1.165, 1.54) is 0 Å². The van der Waals surface area contributed by atoms with Crippen molar-refractivity contribution in [2.75, 3.05) is 12.8 Å². The van der Waals surface area contributed by atoms with Crippen LogP contribution in [0.25, 0.3) is 11.4 Å². The molecule has 1 heterocycles. The molecule has 5 heteroatoms. The number of ether oxygens (including phenoxy) is 1. The minimum absolute atomic E-state index is 0.395. The molecule has 0 saturated carbocycles. The number of rotatable bonds is 3. The van der Waals surface area contributed by atoms with Crippen molar-refractivity contribution in [1.29, 1.82) is 0 Å². The van der Waals surface area contributed by atoms with Gasteiger partial charge in [-0.25, -0.2) is 9.97 Å². The molecule has 0 aliphatic heterocycles. The second kappa shape index (κ2) is 5.46. The molecule has 0 radical (unpaired) electrons. The Morgan fingerprint density at radius 2 is 2.00 bits per heavy atom. The second-order valence-electron chi connectivity index (χ2n) is 3.94. The summed E-state index contributed by atoms with van der Waals surface area (Å²) in [6, 6.07) is 7.94. The molecule has 1 aromatic carbocycles. The van der Waals surface area contributed by atoms with E-state index in [9.17, 15) is 0 Å². The highest BCUT2D eigenvalue weighted by Gasteiger charge is 2.12. The maximum absolute atomic E-state index is 5.89. The van der Waals surface area contributed by atoms with Crippen LogP contribution >= 0.6 is 15.9 Å². The molecule has 4 nitrogen and oxygen atoms in total. The van der Waals surface area contributed by atoms with Gasteiger partial charge in [-0.3, -0.25) is 0 Å². The number of benzene rings is 1. The van der Waals surface area contributed by atoms with Crippen LogP contribution in [0.15, 0.2) is 28.7 Å². The van der Waals surface area contributed by atoms with E-state index in [0.29, 0.717) is 22.7 Å². The molecule has 0 saturated heterocycles. The van der Waals surface area contributed by atoms with Crippen LogP contribution in [0.4, 0.5) is 5.82 Å². The Bertz CT molecular complexity index is 572. The van der Waals surface area contributed by atoms with Crippen molar-refractivity contribution in [2.45, 2.75) is 13.5 Å². The van der Waals surface area contributed by atoms with E-state index in [4.69, 9.17) is 10.5 Å². The monoisotopic (exact) mass is 307 g/mol. The maximum Gasteiger partial charge on any atom is 0.162 e. The maximum atomic E-state index is 5.89. The van der Waals surface area contributed by atoms with Crippen molar-refractivity contribution >= 4 is 21.7 Å². The lowest BCUT2D eigenvalue weighted by Gasteiger charge is -2.09. The molecule has 0 atom stereocenters. The Kier molecular flexibility index (Phi) is 3.93. The van der Waals surface area contributed by atoms with E-state index >= 15 is 0 Å². The predicted octanol–water partition coefficient (Wildman–Crippen LogP) is 2.94. The summed E-state index contributed by atoms with van der Waals surface area (Å²) in [5, 5.41) is 0. The Labute approximate surface area is 114 Å². The smallest absolute Gasteiger partial charge is 0.162 e. The fraction of sp³-hybridized carbons (Fsp3) is 0.231. The number of hydrogen-bond donors (Lipinski definition) is 1. The first-order valence-electron chi connectivity index (χ1n) is 5.50. The van der Waals surface area contributed by atoms with Gasteiger partial charge in [0.25, 0.3) is 0 Å². The van der Waals surface area contributed by atoms with Gasteiger partial charge in [-0.2, -0.15) is 0 Å². The number of aromatic nitrogens is 2. The number of hydrogen-bond acceptors (Lipinski definition) is 4. The van der Waals surface area contributed by atoms with Gasteiger partial charge in [-0.1, -0.05) is 24.3 Å². The summed E-state index contributed by atoms with van der Waals surface area (Å²) in [5.74, 6) is 1.05. The van der Waals surface area contributed by atoms with Crippen molar-refractivity contribution in [3.05, 3.63) is 40.0 Å². The van der Waals surface area contributed by atoms with Gasteiger partial charge in [0.05, 0.1) is 16.8 Å². The fourth-order valence-electron chi connectivity index (χ4n) is 1.69. The highest BCUT2D eigenvalue weighted by atomic mass is 79.9. The molecule has 0 fully saturated rings. The van der Waals surface area contributed by atoms with Gasteiger partial charge in [0.2, 0.25) is 0 Å². The molecule has 0 spiro atoms. The molecule has 0 amide bonds. The van der Waals surface area contributed by atoms with E-state index < -0.39 is 0 Å². The summed E-state index contributed by atoms with van der Waals surface area (Å²) in [7, 11) is 1.62. The summed E-state index contributed by atoms with van der Waals surface area (Å²) in [4.78, 5) is 8.80. The highest BCUT2D eigenvalue weighted by Crippen LogP contribution is 2.27. The van der Waals surface area contributed by atoms with Crippen LogP contribution in [0.5, 0.6) is 0 Å². The first kappa shape index (κ1) is 13.0. The molecule has 0 aliphatic rings. The standard InChI is InChI=1S/C13H14BrN3O/c1-8-5-3-4-6-9(8)13-16-10(7-18-2)11(14)12(15)17-13/h3-6H,7H2,1-2H3,(H2,15,16,17). The third-order valence-electron chi connectivity index (χ3n) is 2.61. The molecule has 0 unspecified atom stereocenters. The summed E-state index contributed by atoms with van der Waals surface area (Å²) >= 11 is 3.38. The average Bonchev–Trinajstić information content (AvgIpc) is 2.35. The zero-order valence-electron chi connectivity index (χ0n) is 10.3. The van der Waals surface area contributed by atoms with Crippen molar-refractivity contribution in [3.63, 3.8) is 0 Å². The normalized spacial score (nSPS) is 10.6. The molecule has 0 bridgehead atoms. The van der Waals surface area contributed by atoms with E-state index in [-0.39, 0.29) is 0 Å². The van der Waals surface area contributed by atoms with Crippen LogP contribution < -0.4 is 5.73 Å². The molecular formula is C13H14BrN3O. The lowest BCUT2D eigenvalue weighted by atomic mass is 10.1. The van der Waals surface area contributed by atoms with Gasteiger partial charge < -0.3 is 10.5 Å². The summed E-state index contributed by atoms with van der Waals surface area (Å²) in [5.41, 5.74) is 8.73. The lowest BCUT2D eigenvalue weighted by Crippen LogP contribution is -2.04. The molecule has 18 heavy (non-hydrogen) atoms. The lowest BCUT2D eigenvalue weighted by molar-refractivity contribution is 0.181. The first-order chi connectivity index (χ1) is 8.63. The third kappa shape index (κ3) is 2.52. The van der Waals surface area contributed by atoms with E-state index in [2.05, 4.69) is 25.9 Å². The fourth-order valence-corrected chi connectivity index (χ4v) is 1.98. The summed E-state index contributed by atoms with van der Waals surface area (Å²) in [6.45, 7) is 2.42. The molecule has 1 aromatic heterocycles. The SMILES string of the molecule is COCc1nc(-c2ccccc2C)nc(N)c1Br. The first-order valence-corrected chi connectivity index (χ1v) is 6.29. The molecule has 0 aliphatic carbocycles. The van der Waals surface area contributed by atoms with Crippen molar-refractivity contribution in [1.82, 2.24) is 9.97 Å². The van der Waals surface area contributed by atoms with Gasteiger partial charge in [-0.15, -0.1) is 0 Å². The Balaban J connectivity index is 2.56. The summed E-state index contributed by atoms with van der Waals surface area (Å²) in [6.07, 6.45) is 0. The number of methoxy groups -OCH3 is 1. The van der Waals surface area contributed by atoms with Crippen molar-refractivity contribution in [2.24, 2.45) is 0 Å². The van der Waals surface area contributed by atoms with Crippen LogP contribution in [0.1, 0.15) is 11.3 Å². The van der Waals surface area contributed by atoms with Crippen LogP contribution in [0.3, 0.4) is 0 Å². The number of nitrogens with zero attached hydrogens (tertiary/aromatic N) is 2. The van der Waals surface area contributed by atoms with Gasteiger partial charge in [-0.05, 0) is 28.4 Å². The van der Waals surface area contributed by atoms with Crippen LogP contribution in [-0.4, -0.2) is 17.1 Å². The largest absolute Gasteiger partial charge is 0.383 e. The highest BCUT2D eigenvalue weighted by molar-refractivity contribution is 9.10. The minimum atomic E-state index is 0.395. The Hall–Kier alpha value is -1.46. The quantitative estimate of drug-likeness (QED) is 0.947. The van der Waals surface area contributed by atoms with Crippen molar-refractivity contribution < 1.29 is 4.74 Å². The number of anilines is 1. The summed E-state index contributed by atoms with van der Waals surface area (Å²) < 4.78 is 5.80. The van der Waals surface area contributed by atoms with Crippen LogP contribution in [0.2, 0.25) is 0 Å². The van der Waals surface area contributed by atoms with Crippen LogP contribution in [0, 0.1) is 6.92 Å². The van der Waals surface area contributed by atoms with E-state index in [1.807, 2.05) is 31.2 Å². The number of nitrogen functional groups attached to an aromatic ring is 1. The molecule has 2 aromatic rings. The molecule has 2 N–H and O–H groups in total. The van der Waals surface area contributed by atoms with Gasteiger partial charge >= 0.3 is 0 Å². The zero-order chi connectivity index (χ0) is 13.1. The number of nitrogens with two attached hydrogens (primary N) is 1. The molecular weight excluding hydrogens is 294 g/mol. The molecule has 2 rings (SSSR count). The van der Waals surface area contributed by atoms with E-state index in [1.54, 1.807) is 7.11 Å². The number of aryl methyl sites for hydroxylation is 1. The zero-order valence-corrected chi connectivity index (χ0v) is 11.9. The van der Waals surface area contributed by atoms with Gasteiger partial charge in [0.15, 0.2) is 5.82 Å². The predicted molar refractivity (Wildman–Crippen MR) is 75.0 cm³/mol.